The number of benzene rings is 1. The Bertz CT molecular complexity index is 609. The van der Waals surface area contributed by atoms with Gasteiger partial charge in [-0.2, -0.15) is 0 Å². The van der Waals surface area contributed by atoms with Crippen LogP contribution in [-0.4, -0.2) is 31.8 Å². The summed E-state index contributed by atoms with van der Waals surface area (Å²) in [4.78, 5) is 23.7. The molecule has 1 N–H and O–H groups in total. The third kappa shape index (κ3) is 4.74. The number of nitrogens with one attached hydrogen (secondary N) is 1. The van der Waals surface area contributed by atoms with Crippen LogP contribution in [-0.2, 0) is 14.3 Å². The molecular weight excluding hydrogens is 298 g/mol. The standard InChI is InChI=1S/C17H21NO5/c1-11(2)8-13(17(20)21-3)18-16(19)7-5-12-4-6-14-15(9-12)23-10-22-14/h4-7,9,11,13H,8,10H2,1-3H3,(H,18,19)/b7-5+/t13-/m0/s1. The van der Waals surface area contributed by atoms with E-state index in [0.717, 1.165) is 5.56 Å². The van der Waals surface area contributed by atoms with Crippen molar-refractivity contribution in [1.82, 2.24) is 5.32 Å². The molecule has 1 aliphatic heterocycles. The average Bonchev–Trinajstić information content (AvgIpc) is 2.98. The highest BCUT2D eigenvalue weighted by atomic mass is 16.7. The highest BCUT2D eigenvalue weighted by molar-refractivity contribution is 5.94. The second-order valence-corrected chi connectivity index (χ2v) is 5.66. The fourth-order valence-electron chi connectivity index (χ4n) is 2.24. The Morgan fingerprint density at radius 3 is 2.74 bits per heavy atom. The molecule has 0 aliphatic carbocycles. The van der Waals surface area contributed by atoms with Crippen LogP contribution in [0.5, 0.6) is 11.5 Å². The minimum atomic E-state index is -0.645. The quantitative estimate of drug-likeness (QED) is 0.642. The summed E-state index contributed by atoms with van der Waals surface area (Å²) < 4.78 is 15.2. The van der Waals surface area contributed by atoms with E-state index in [2.05, 4.69) is 5.32 Å². The van der Waals surface area contributed by atoms with E-state index in [-0.39, 0.29) is 18.6 Å². The molecule has 0 saturated carbocycles. The van der Waals surface area contributed by atoms with Crippen LogP contribution in [0, 0.1) is 5.92 Å². The molecule has 0 aromatic heterocycles. The van der Waals surface area contributed by atoms with Gasteiger partial charge in [0.25, 0.3) is 0 Å². The molecule has 1 heterocycles. The maximum absolute atomic E-state index is 12.0. The number of hydrogen-bond acceptors (Lipinski definition) is 5. The molecule has 6 heteroatoms. The van der Waals surface area contributed by atoms with E-state index in [4.69, 9.17) is 14.2 Å². The van der Waals surface area contributed by atoms with Crippen LogP contribution in [0.4, 0.5) is 0 Å². The van der Waals surface area contributed by atoms with Crippen molar-refractivity contribution in [2.75, 3.05) is 13.9 Å². The molecule has 0 saturated heterocycles. The summed E-state index contributed by atoms with van der Waals surface area (Å²) in [6.07, 6.45) is 3.56. The van der Waals surface area contributed by atoms with E-state index in [9.17, 15) is 9.59 Å². The molecule has 1 atom stereocenters. The number of hydrogen-bond donors (Lipinski definition) is 1. The third-order valence-electron chi connectivity index (χ3n) is 3.33. The first-order valence-corrected chi connectivity index (χ1v) is 7.45. The first kappa shape index (κ1) is 16.9. The van der Waals surface area contributed by atoms with Gasteiger partial charge in [0.2, 0.25) is 12.7 Å². The fourth-order valence-corrected chi connectivity index (χ4v) is 2.24. The number of carbonyl (C=O) groups excluding carboxylic acids is 2. The highest BCUT2D eigenvalue weighted by Crippen LogP contribution is 2.32. The summed E-state index contributed by atoms with van der Waals surface area (Å²) >= 11 is 0. The van der Waals surface area contributed by atoms with Crippen molar-refractivity contribution in [3.63, 3.8) is 0 Å². The Labute approximate surface area is 135 Å². The number of ether oxygens (including phenoxy) is 3. The number of rotatable bonds is 6. The van der Waals surface area contributed by atoms with Crippen molar-refractivity contribution in [3.05, 3.63) is 29.8 Å². The van der Waals surface area contributed by atoms with Gasteiger partial charge in [0, 0.05) is 6.08 Å². The lowest BCUT2D eigenvalue weighted by atomic mass is 10.0. The third-order valence-corrected chi connectivity index (χ3v) is 3.33. The van der Waals surface area contributed by atoms with Gasteiger partial charge >= 0.3 is 5.97 Å². The molecule has 1 aliphatic rings. The molecule has 0 unspecified atom stereocenters. The van der Waals surface area contributed by atoms with Crippen LogP contribution in [0.3, 0.4) is 0 Å². The van der Waals surface area contributed by atoms with Gasteiger partial charge < -0.3 is 19.5 Å². The molecule has 0 radical (unpaired) electrons. The summed E-state index contributed by atoms with van der Waals surface area (Å²) in [6.45, 7) is 4.16. The van der Waals surface area contributed by atoms with Gasteiger partial charge in [-0.25, -0.2) is 4.79 Å². The summed E-state index contributed by atoms with van der Waals surface area (Å²) in [5, 5.41) is 2.67. The number of carbonyl (C=O) groups is 2. The minimum absolute atomic E-state index is 0.207. The van der Waals surface area contributed by atoms with E-state index < -0.39 is 12.0 Å². The van der Waals surface area contributed by atoms with Crippen LogP contribution in [0.15, 0.2) is 24.3 Å². The molecule has 1 aromatic rings. The second-order valence-electron chi connectivity index (χ2n) is 5.66. The highest BCUT2D eigenvalue weighted by Gasteiger charge is 2.21. The van der Waals surface area contributed by atoms with E-state index in [0.29, 0.717) is 17.9 Å². The molecule has 0 fully saturated rings. The predicted molar refractivity (Wildman–Crippen MR) is 85.0 cm³/mol. The predicted octanol–water partition coefficient (Wildman–Crippen LogP) is 2.13. The van der Waals surface area contributed by atoms with Gasteiger partial charge in [0.1, 0.15) is 6.04 Å². The van der Waals surface area contributed by atoms with Crippen molar-refractivity contribution in [1.29, 1.82) is 0 Å². The largest absolute Gasteiger partial charge is 0.467 e. The Balaban J connectivity index is 1.98. The van der Waals surface area contributed by atoms with Crippen LogP contribution in [0.25, 0.3) is 6.08 Å². The maximum atomic E-state index is 12.0. The Morgan fingerprint density at radius 1 is 1.30 bits per heavy atom. The fraction of sp³-hybridized carbons (Fsp3) is 0.412. The number of esters is 1. The van der Waals surface area contributed by atoms with Gasteiger partial charge in [-0.3, -0.25) is 4.79 Å². The maximum Gasteiger partial charge on any atom is 0.328 e. The van der Waals surface area contributed by atoms with Crippen LogP contribution < -0.4 is 14.8 Å². The number of methoxy groups -OCH3 is 1. The monoisotopic (exact) mass is 319 g/mol. The first-order chi connectivity index (χ1) is 11.0. The van der Waals surface area contributed by atoms with Gasteiger partial charge in [-0.15, -0.1) is 0 Å². The van der Waals surface area contributed by atoms with E-state index >= 15 is 0 Å². The van der Waals surface area contributed by atoms with Crippen LogP contribution in [0.1, 0.15) is 25.8 Å². The van der Waals surface area contributed by atoms with Gasteiger partial charge in [-0.05, 0) is 36.1 Å². The van der Waals surface area contributed by atoms with Gasteiger partial charge in [-0.1, -0.05) is 19.9 Å². The number of fused-ring (bicyclic) bond motifs is 1. The molecule has 6 nitrogen and oxygen atoms in total. The lowest BCUT2D eigenvalue weighted by Gasteiger charge is -2.17. The smallest absolute Gasteiger partial charge is 0.328 e. The molecule has 1 aromatic carbocycles. The molecule has 124 valence electrons. The van der Waals surface area contributed by atoms with E-state index in [1.54, 1.807) is 18.2 Å². The average molecular weight is 319 g/mol. The van der Waals surface area contributed by atoms with Gasteiger partial charge in [0.05, 0.1) is 7.11 Å². The zero-order valence-corrected chi connectivity index (χ0v) is 13.5. The second kappa shape index (κ2) is 7.67. The Kier molecular flexibility index (Phi) is 5.62. The Morgan fingerprint density at radius 2 is 2.04 bits per heavy atom. The molecule has 0 bridgehead atoms. The van der Waals surface area contributed by atoms with Crippen molar-refractivity contribution >= 4 is 18.0 Å². The SMILES string of the molecule is COC(=O)[C@H](CC(C)C)NC(=O)/C=C/c1ccc2c(c1)OCO2. The lowest BCUT2D eigenvalue weighted by molar-refractivity contribution is -0.145. The van der Waals surface area contributed by atoms with E-state index in [1.807, 2.05) is 19.9 Å². The number of amides is 1. The summed E-state index contributed by atoms with van der Waals surface area (Å²) in [5.41, 5.74) is 0.808. The van der Waals surface area contributed by atoms with Crippen molar-refractivity contribution in [3.8, 4) is 11.5 Å². The summed E-state index contributed by atoms with van der Waals surface area (Å²) in [7, 11) is 1.31. The molecule has 2 rings (SSSR count). The lowest BCUT2D eigenvalue weighted by Crippen LogP contribution is -2.41. The van der Waals surface area contributed by atoms with E-state index in [1.165, 1.54) is 13.2 Å². The first-order valence-electron chi connectivity index (χ1n) is 7.45. The van der Waals surface area contributed by atoms with Crippen LogP contribution >= 0.6 is 0 Å². The minimum Gasteiger partial charge on any atom is -0.467 e. The molecule has 0 spiro atoms. The van der Waals surface area contributed by atoms with Crippen molar-refractivity contribution in [2.24, 2.45) is 5.92 Å². The normalized spacial score (nSPS) is 14.1. The van der Waals surface area contributed by atoms with Crippen LogP contribution in [0.2, 0.25) is 0 Å². The van der Waals surface area contributed by atoms with Crippen molar-refractivity contribution < 1.29 is 23.8 Å². The summed E-state index contributed by atoms with van der Waals surface area (Å²) in [6, 6.07) is 4.76. The molecule has 1 amide bonds. The molecule has 23 heavy (non-hydrogen) atoms. The zero-order valence-electron chi connectivity index (χ0n) is 13.5. The van der Waals surface area contributed by atoms with Gasteiger partial charge in [0.15, 0.2) is 11.5 Å². The Hall–Kier alpha value is -2.50. The molecular formula is C17H21NO5. The zero-order chi connectivity index (χ0) is 16.8. The van der Waals surface area contributed by atoms with Crippen molar-refractivity contribution in [2.45, 2.75) is 26.3 Å². The topological polar surface area (TPSA) is 73.9 Å². The summed E-state index contributed by atoms with van der Waals surface area (Å²) in [5.74, 6) is 0.813.